The fourth-order valence-electron chi connectivity index (χ4n) is 5.51. The van der Waals surface area contributed by atoms with Gasteiger partial charge in [-0.05, 0) is 66.5 Å². The van der Waals surface area contributed by atoms with Crippen molar-refractivity contribution in [1.82, 2.24) is 0 Å². The summed E-state index contributed by atoms with van der Waals surface area (Å²) in [5.41, 5.74) is 3.95. The molecule has 0 saturated heterocycles. The molecule has 3 unspecified atom stereocenters. The summed E-state index contributed by atoms with van der Waals surface area (Å²) in [4.78, 5) is 12.3. The largest absolute Gasteiger partial charge is 0.392 e. The van der Waals surface area contributed by atoms with Gasteiger partial charge in [-0.3, -0.25) is 4.79 Å². The van der Waals surface area contributed by atoms with Gasteiger partial charge in [0.05, 0.1) is 6.61 Å². The van der Waals surface area contributed by atoms with Crippen molar-refractivity contribution in [2.75, 3.05) is 0 Å². The zero-order valence-corrected chi connectivity index (χ0v) is 12.8. The van der Waals surface area contributed by atoms with E-state index in [4.69, 9.17) is 0 Å². The first-order valence-electron chi connectivity index (χ1n) is 8.39. The van der Waals surface area contributed by atoms with Crippen molar-refractivity contribution < 1.29 is 9.90 Å². The van der Waals surface area contributed by atoms with Gasteiger partial charge in [-0.25, -0.2) is 0 Å². The molecule has 4 rings (SSSR count). The molecule has 3 aliphatic carbocycles. The lowest BCUT2D eigenvalue weighted by Crippen LogP contribution is -2.42. The minimum Gasteiger partial charge on any atom is -0.392 e. The van der Waals surface area contributed by atoms with E-state index in [0.717, 1.165) is 37.7 Å². The first kappa shape index (κ1) is 13.5. The number of hydrogen-bond donors (Lipinski definition) is 1. The van der Waals surface area contributed by atoms with E-state index in [2.05, 4.69) is 25.1 Å². The molecule has 0 aromatic heterocycles. The number of aryl methyl sites for hydroxylation is 1. The number of benzene rings is 1. The van der Waals surface area contributed by atoms with Crippen LogP contribution < -0.4 is 0 Å². The average Bonchev–Trinajstić information content (AvgIpc) is 2.82. The summed E-state index contributed by atoms with van der Waals surface area (Å²) in [6, 6.07) is 6.52. The van der Waals surface area contributed by atoms with Crippen LogP contribution in [0.25, 0.3) is 0 Å². The Morgan fingerprint density at radius 1 is 1.24 bits per heavy atom. The predicted molar refractivity (Wildman–Crippen MR) is 82.0 cm³/mol. The van der Waals surface area contributed by atoms with Crippen LogP contribution in [0.3, 0.4) is 0 Å². The van der Waals surface area contributed by atoms with E-state index < -0.39 is 0 Å². The molecule has 2 nitrogen and oxygen atoms in total. The Hall–Kier alpha value is -1.15. The van der Waals surface area contributed by atoms with Gasteiger partial charge in [0, 0.05) is 11.8 Å². The predicted octanol–water partition coefficient (Wildman–Crippen LogP) is 3.60. The third-order valence-corrected chi connectivity index (χ3v) is 6.68. The van der Waals surface area contributed by atoms with Crippen LogP contribution in [-0.4, -0.2) is 10.9 Å². The Morgan fingerprint density at radius 2 is 2.10 bits per heavy atom. The van der Waals surface area contributed by atoms with Crippen LogP contribution in [-0.2, 0) is 17.8 Å². The second kappa shape index (κ2) is 4.67. The van der Waals surface area contributed by atoms with Gasteiger partial charge in [0.2, 0.25) is 0 Å². The quantitative estimate of drug-likeness (QED) is 0.855. The van der Waals surface area contributed by atoms with E-state index in [-0.39, 0.29) is 12.0 Å². The number of rotatable bonds is 1. The van der Waals surface area contributed by atoms with Gasteiger partial charge in [-0.2, -0.15) is 0 Å². The normalized spacial score (nSPS) is 37.8. The summed E-state index contributed by atoms with van der Waals surface area (Å²) in [6.07, 6.45) is 6.49. The summed E-state index contributed by atoms with van der Waals surface area (Å²) in [6.45, 7) is 2.37. The van der Waals surface area contributed by atoms with Crippen LogP contribution in [0, 0.1) is 17.3 Å². The molecule has 0 bridgehead atoms. The average molecular weight is 284 g/mol. The van der Waals surface area contributed by atoms with Crippen LogP contribution in [0.4, 0.5) is 0 Å². The highest BCUT2D eigenvalue weighted by molar-refractivity contribution is 5.87. The summed E-state index contributed by atoms with van der Waals surface area (Å²) >= 11 is 0. The van der Waals surface area contributed by atoms with Crippen molar-refractivity contribution in [3.05, 3.63) is 34.9 Å². The van der Waals surface area contributed by atoms with E-state index >= 15 is 0 Å². The lowest BCUT2D eigenvalue weighted by molar-refractivity contribution is -0.129. The zero-order chi connectivity index (χ0) is 14.6. The molecular formula is C19H24O2. The Labute approximate surface area is 126 Å². The van der Waals surface area contributed by atoms with E-state index in [1.807, 2.05) is 0 Å². The number of ketones is 1. The van der Waals surface area contributed by atoms with E-state index in [1.165, 1.54) is 17.5 Å². The number of carbonyl (C=O) groups is 1. The van der Waals surface area contributed by atoms with Gasteiger partial charge in [-0.15, -0.1) is 0 Å². The molecule has 0 radical (unpaired) electrons. The van der Waals surface area contributed by atoms with Crippen molar-refractivity contribution in [2.45, 2.75) is 58.0 Å². The number of fused-ring (bicyclic) bond motifs is 5. The van der Waals surface area contributed by atoms with Crippen LogP contribution in [0.2, 0.25) is 0 Å². The summed E-state index contributed by atoms with van der Waals surface area (Å²) in [5.74, 6) is 2.47. The van der Waals surface area contributed by atoms with Gasteiger partial charge >= 0.3 is 0 Å². The summed E-state index contributed by atoms with van der Waals surface area (Å²) in [7, 11) is 0. The number of carbonyl (C=O) groups excluding carboxylic acids is 1. The maximum atomic E-state index is 12.3. The number of aliphatic hydroxyl groups excluding tert-OH is 1. The van der Waals surface area contributed by atoms with Crippen molar-refractivity contribution in [3.63, 3.8) is 0 Å². The number of Topliss-reactive ketones (excluding diaryl/α,β-unsaturated/α-hetero) is 1. The minimum absolute atomic E-state index is 0.0241. The molecule has 1 aromatic rings. The number of hydrogen-bond acceptors (Lipinski definition) is 2. The van der Waals surface area contributed by atoms with Crippen molar-refractivity contribution in [1.29, 1.82) is 0 Å². The lowest BCUT2D eigenvalue weighted by atomic mass is 9.55. The zero-order valence-electron chi connectivity index (χ0n) is 12.8. The molecule has 0 aliphatic heterocycles. The van der Waals surface area contributed by atoms with Crippen LogP contribution >= 0.6 is 0 Å². The van der Waals surface area contributed by atoms with Gasteiger partial charge in [0.15, 0.2) is 0 Å². The third-order valence-electron chi connectivity index (χ3n) is 6.68. The lowest BCUT2D eigenvalue weighted by Gasteiger charge is -2.48. The Bertz CT molecular complexity index is 591. The molecule has 1 aromatic carbocycles. The molecule has 4 atom stereocenters. The van der Waals surface area contributed by atoms with E-state index in [0.29, 0.717) is 23.5 Å². The van der Waals surface area contributed by atoms with Gasteiger partial charge in [0.1, 0.15) is 5.78 Å². The Morgan fingerprint density at radius 3 is 2.90 bits per heavy atom. The summed E-state index contributed by atoms with van der Waals surface area (Å²) < 4.78 is 0. The molecule has 112 valence electrons. The van der Waals surface area contributed by atoms with Crippen molar-refractivity contribution in [2.24, 2.45) is 17.3 Å². The Kier molecular flexibility index (Phi) is 3.01. The van der Waals surface area contributed by atoms with Gasteiger partial charge in [-0.1, -0.05) is 25.1 Å². The first-order chi connectivity index (χ1) is 10.1. The molecule has 1 N–H and O–H groups in total. The van der Waals surface area contributed by atoms with Crippen LogP contribution in [0.1, 0.15) is 61.6 Å². The van der Waals surface area contributed by atoms with Crippen molar-refractivity contribution in [3.8, 4) is 0 Å². The maximum Gasteiger partial charge on any atom is 0.139 e. The van der Waals surface area contributed by atoms with E-state index in [9.17, 15) is 9.90 Å². The molecule has 0 heterocycles. The standard InChI is InChI=1S/C19H24O2/c1-19-9-8-15-14-4-2-12(11-20)10-13(14)3-5-16(15)17(19)6-7-18(19)21/h2,4,10,15-17,20H,3,5-9,11H2,1H3/t15?,16?,17?,19-/m1/s1. The highest BCUT2D eigenvalue weighted by atomic mass is 16.3. The molecule has 21 heavy (non-hydrogen) atoms. The molecular weight excluding hydrogens is 260 g/mol. The second-order valence-corrected chi connectivity index (χ2v) is 7.52. The minimum atomic E-state index is -0.0241. The molecule has 2 saturated carbocycles. The van der Waals surface area contributed by atoms with E-state index in [1.54, 1.807) is 0 Å². The van der Waals surface area contributed by atoms with Crippen LogP contribution in [0.5, 0.6) is 0 Å². The number of aliphatic hydroxyl groups is 1. The fourth-order valence-corrected chi connectivity index (χ4v) is 5.51. The summed E-state index contributed by atoms with van der Waals surface area (Å²) in [5, 5.41) is 9.32. The smallest absolute Gasteiger partial charge is 0.139 e. The SMILES string of the molecule is C[C@@]12CCC3c4ccc(CO)cc4CCC3C1CCC2=O. The fraction of sp³-hybridized carbons (Fsp3) is 0.632. The highest BCUT2D eigenvalue weighted by Gasteiger charge is 2.54. The maximum absolute atomic E-state index is 12.3. The second-order valence-electron chi connectivity index (χ2n) is 7.52. The topological polar surface area (TPSA) is 37.3 Å². The molecule has 2 heteroatoms. The molecule has 0 spiro atoms. The van der Waals surface area contributed by atoms with Crippen molar-refractivity contribution >= 4 is 5.78 Å². The van der Waals surface area contributed by atoms with Crippen LogP contribution in [0.15, 0.2) is 18.2 Å². The first-order valence-corrected chi connectivity index (χ1v) is 8.39. The molecule has 2 fully saturated rings. The monoisotopic (exact) mass is 284 g/mol. The highest BCUT2D eigenvalue weighted by Crippen LogP contribution is 2.59. The molecule has 0 amide bonds. The van der Waals surface area contributed by atoms with Gasteiger partial charge < -0.3 is 5.11 Å². The third kappa shape index (κ3) is 1.85. The Balaban J connectivity index is 1.70. The molecule has 3 aliphatic rings. The van der Waals surface area contributed by atoms with Gasteiger partial charge in [0.25, 0.3) is 0 Å².